The number of hydrogen-bond donors (Lipinski definition) is 0. The third-order valence-corrected chi connectivity index (χ3v) is 6.06. The number of amides is 1. The molecule has 8 heteroatoms. The lowest BCUT2D eigenvalue weighted by Crippen LogP contribution is -2.27. The minimum absolute atomic E-state index is 0.163. The van der Waals surface area contributed by atoms with E-state index in [1.54, 1.807) is 36.1 Å². The van der Waals surface area contributed by atoms with Crippen molar-refractivity contribution in [2.45, 2.75) is 27.7 Å². The molecule has 1 aliphatic heterocycles. The predicted molar refractivity (Wildman–Crippen MR) is 131 cm³/mol. The first kappa shape index (κ1) is 23.8. The topological polar surface area (TPSA) is 65.1 Å². The average molecular weight is 472 g/mol. The molecule has 32 heavy (non-hydrogen) atoms. The van der Waals surface area contributed by atoms with Gasteiger partial charge < -0.3 is 14.2 Å². The number of hydrogen-bond acceptors (Lipinski definition) is 7. The summed E-state index contributed by atoms with van der Waals surface area (Å²) in [4.78, 5) is 26.7. The molecule has 0 bridgehead atoms. The molecular formula is C24H25NO5S2. The van der Waals surface area contributed by atoms with Crippen LogP contribution in [0, 0.1) is 13.8 Å². The van der Waals surface area contributed by atoms with E-state index in [1.165, 1.54) is 11.8 Å². The third-order valence-electron chi connectivity index (χ3n) is 4.76. The summed E-state index contributed by atoms with van der Waals surface area (Å²) >= 11 is 6.74. The first-order valence-electron chi connectivity index (χ1n) is 10.2. The molecule has 0 atom stereocenters. The molecule has 1 amide bonds. The largest absolute Gasteiger partial charge is 0.490 e. The van der Waals surface area contributed by atoms with Crippen LogP contribution < -0.4 is 14.4 Å². The van der Waals surface area contributed by atoms with Gasteiger partial charge in [0.15, 0.2) is 22.4 Å². The molecule has 2 aromatic carbocycles. The van der Waals surface area contributed by atoms with Crippen LogP contribution in [0.15, 0.2) is 41.3 Å². The van der Waals surface area contributed by atoms with Gasteiger partial charge in [0.05, 0.1) is 23.8 Å². The summed E-state index contributed by atoms with van der Waals surface area (Å²) in [7, 11) is 0. The highest BCUT2D eigenvalue weighted by molar-refractivity contribution is 8.27. The van der Waals surface area contributed by atoms with Crippen LogP contribution in [0.5, 0.6) is 11.5 Å². The van der Waals surface area contributed by atoms with E-state index in [-0.39, 0.29) is 12.5 Å². The molecule has 0 unspecified atom stereocenters. The number of carbonyl (C=O) groups is 2. The summed E-state index contributed by atoms with van der Waals surface area (Å²) in [6.45, 7) is 8.14. The van der Waals surface area contributed by atoms with E-state index in [0.29, 0.717) is 33.9 Å². The zero-order valence-corrected chi connectivity index (χ0v) is 20.1. The van der Waals surface area contributed by atoms with Crippen LogP contribution in [-0.4, -0.2) is 36.0 Å². The molecule has 3 rings (SSSR count). The Morgan fingerprint density at radius 1 is 1.03 bits per heavy atom. The van der Waals surface area contributed by atoms with E-state index in [9.17, 15) is 9.59 Å². The summed E-state index contributed by atoms with van der Waals surface area (Å²) in [5.74, 6) is 0.299. The van der Waals surface area contributed by atoms with Crippen molar-refractivity contribution in [3.05, 3.63) is 58.0 Å². The molecule has 0 N–H and O–H groups in total. The lowest BCUT2D eigenvalue weighted by atomic mass is 10.1. The highest BCUT2D eigenvalue weighted by Gasteiger charge is 2.33. The third kappa shape index (κ3) is 5.49. The van der Waals surface area contributed by atoms with Crippen molar-refractivity contribution in [3.8, 4) is 11.5 Å². The summed E-state index contributed by atoms with van der Waals surface area (Å²) in [5.41, 5.74) is 3.78. The van der Waals surface area contributed by atoms with Gasteiger partial charge in [-0.3, -0.25) is 9.69 Å². The number of carbonyl (C=O) groups excluding carboxylic acids is 2. The molecule has 6 nitrogen and oxygen atoms in total. The Hall–Kier alpha value is -2.84. The van der Waals surface area contributed by atoms with Gasteiger partial charge in [-0.05, 0) is 74.7 Å². The van der Waals surface area contributed by atoms with Crippen LogP contribution in [0.1, 0.15) is 30.5 Å². The zero-order chi connectivity index (χ0) is 23.3. The molecule has 1 heterocycles. The van der Waals surface area contributed by atoms with Crippen molar-refractivity contribution in [1.82, 2.24) is 0 Å². The van der Waals surface area contributed by atoms with Crippen molar-refractivity contribution < 1.29 is 23.8 Å². The Labute approximate surface area is 197 Å². The summed E-state index contributed by atoms with van der Waals surface area (Å²) < 4.78 is 16.6. The molecule has 0 radical (unpaired) electrons. The smallest absolute Gasteiger partial charge is 0.344 e. The molecule has 1 fully saturated rings. The van der Waals surface area contributed by atoms with Gasteiger partial charge in [0.1, 0.15) is 0 Å². The van der Waals surface area contributed by atoms with Crippen molar-refractivity contribution in [1.29, 1.82) is 0 Å². The quantitative estimate of drug-likeness (QED) is 0.303. The minimum Gasteiger partial charge on any atom is -0.490 e. The molecule has 2 aromatic rings. The maximum absolute atomic E-state index is 13.1. The van der Waals surface area contributed by atoms with Crippen LogP contribution >= 0.6 is 24.0 Å². The highest BCUT2D eigenvalue weighted by atomic mass is 32.2. The molecular weight excluding hydrogens is 446 g/mol. The lowest BCUT2D eigenvalue weighted by molar-refractivity contribution is -0.145. The number of rotatable bonds is 8. The normalized spacial score (nSPS) is 14.8. The Bertz CT molecular complexity index is 1080. The van der Waals surface area contributed by atoms with E-state index >= 15 is 0 Å². The van der Waals surface area contributed by atoms with Gasteiger partial charge in [0.2, 0.25) is 0 Å². The maximum atomic E-state index is 13.1. The number of ether oxygens (including phenoxy) is 3. The fraction of sp³-hybridized carbons (Fsp3) is 0.292. The Kier molecular flexibility index (Phi) is 7.93. The average Bonchev–Trinajstić information content (AvgIpc) is 3.03. The van der Waals surface area contributed by atoms with E-state index in [2.05, 4.69) is 0 Å². The second-order valence-electron chi connectivity index (χ2n) is 7.02. The molecule has 1 saturated heterocycles. The number of benzene rings is 2. The second kappa shape index (κ2) is 10.7. The van der Waals surface area contributed by atoms with Gasteiger partial charge >= 0.3 is 5.97 Å². The van der Waals surface area contributed by atoms with Gasteiger partial charge in [-0.25, -0.2) is 4.79 Å². The van der Waals surface area contributed by atoms with Gasteiger partial charge in [-0.15, -0.1) is 0 Å². The summed E-state index contributed by atoms with van der Waals surface area (Å²) in [6.07, 6.45) is 1.78. The molecule has 1 aliphatic rings. The number of thiocarbonyl (C=S) groups is 1. The van der Waals surface area contributed by atoms with Gasteiger partial charge in [0, 0.05) is 0 Å². The zero-order valence-electron chi connectivity index (χ0n) is 18.5. The van der Waals surface area contributed by atoms with Crippen molar-refractivity contribution in [3.63, 3.8) is 0 Å². The summed E-state index contributed by atoms with van der Waals surface area (Å²) in [6, 6.07) is 11.1. The molecule has 0 spiro atoms. The Morgan fingerprint density at radius 3 is 2.50 bits per heavy atom. The van der Waals surface area contributed by atoms with Crippen LogP contribution in [0.25, 0.3) is 6.08 Å². The molecule has 0 aromatic heterocycles. The van der Waals surface area contributed by atoms with Gasteiger partial charge in [0.25, 0.3) is 5.91 Å². The highest BCUT2D eigenvalue weighted by Crippen LogP contribution is 2.37. The number of esters is 1. The molecule has 168 valence electrons. The SMILES string of the molecule is CCOC(=O)COc1ccc(/C=C2\SC(=S)N(c3ccc(C)c(C)c3)C2=O)cc1OCC. The minimum atomic E-state index is -0.450. The second-order valence-corrected chi connectivity index (χ2v) is 8.69. The fourth-order valence-electron chi connectivity index (χ4n) is 3.05. The monoisotopic (exact) mass is 471 g/mol. The number of thioether (sulfide) groups is 1. The number of anilines is 1. The number of aryl methyl sites for hydroxylation is 2. The standard InChI is InChI=1S/C24H25NO5S2/c1-5-28-20-12-17(8-10-19(20)30-14-22(26)29-6-2)13-21-23(27)25(24(31)32-21)18-9-7-15(3)16(4)11-18/h7-13H,5-6,14H2,1-4H3/b21-13-. The molecule has 0 saturated carbocycles. The van der Waals surface area contributed by atoms with Crippen LogP contribution in [0.2, 0.25) is 0 Å². The van der Waals surface area contributed by atoms with Gasteiger partial charge in [-0.1, -0.05) is 36.1 Å². The summed E-state index contributed by atoms with van der Waals surface area (Å²) in [5, 5.41) is 0. The van der Waals surface area contributed by atoms with E-state index in [1.807, 2.05) is 39.0 Å². The number of nitrogens with zero attached hydrogens (tertiary/aromatic N) is 1. The van der Waals surface area contributed by atoms with Gasteiger partial charge in [-0.2, -0.15) is 0 Å². The lowest BCUT2D eigenvalue weighted by Gasteiger charge is -2.16. The van der Waals surface area contributed by atoms with Crippen molar-refractivity contribution in [2.24, 2.45) is 0 Å². The van der Waals surface area contributed by atoms with Crippen molar-refractivity contribution in [2.75, 3.05) is 24.7 Å². The van der Waals surface area contributed by atoms with E-state index < -0.39 is 5.97 Å². The van der Waals surface area contributed by atoms with E-state index in [0.717, 1.165) is 22.4 Å². The molecule has 0 aliphatic carbocycles. The first-order valence-corrected chi connectivity index (χ1v) is 11.5. The predicted octanol–water partition coefficient (Wildman–Crippen LogP) is 5.05. The Balaban J connectivity index is 1.83. The fourth-order valence-corrected chi connectivity index (χ4v) is 4.35. The van der Waals surface area contributed by atoms with Crippen LogP contribution in [-0.2, 0) is 14.3 Å². The van der Waals surface area contributed by atoms with Crippen LogP contribution in [0.4, 0.5) is 5.69 Å². The van der Waals surface area contributed by atoms with Crippen LogP contribution in [0.3, 0.4) is 0 Å². The Morgan fingerprint density at radius 2 is 1.81 bits per heavy atom. The maximum Gasteiger partial charge on any atom is 0.344 e. The van der Waals surface area contributed by atoms with Crippen molar-refractivity contribution >= 4 is 51.9 Å². The van der Waals surface area contributed by atoms with E-state index in [4.69, 9.17) is 26.4 Å². The first-order chi connectivity index (χ1) is 15.3.